The van der Waals surface area contributed by atoms with Gasteiger partial charge in [0.1, 0.15) is 0 Å². The van der Waals surface area contributed by atoms with Gasteiger partial charge in [-0.25, -0.2) is 4.98 Å². The van der Waals surface area contributed by atoms with Gasteiger partial charge in [-0.05, 0) is 13.0 Å². The van der Waals surface area contributed by atoms with Crippen molar-refractivity contribution in [2.24, 2.45) is 0 Å². The van der Waals surface area contributed by atoms with Gasteiger partial charge in [0.2, 0.25) is 0 Å². The molecule has 0 aliphatic carbocycles. The van der Waals surface area contributed by atoms with Crippen LogP contribution in [0.5, 0.6) is 0 Å². The molecule has 0 amide bonds. The van der Waals surface area contributed by atoms with Gasteiger partial charge in [0.05, 0.1) is 17.3 Å². The van der Waals surface area contributed by atoms with E-state index < -0.39 is 0 Å². The molecule has 4 heteroatoms. The fourth-order valence-electron chi connectivity index (χ4n) is 1.21. The number of ether oxygens (including phenoxy) is 1. The Morgan fingerprint density at radius 2 is 2.21 bits per heavy atom. The second kappa shape index (κ2) is 6.11. The molecule has 1 heterocycles. The Labute approximate surface area is 89.5 Å². The van der Waals surface area contributed by atoms with Crippen LogP contribution in [-0.2, 0) is 24.3 Å². The maximum atomic E-state index is 5.12. The van der Waals surface area contributed by atoms with E-state index in [1.807, 2.05) is 0 Å². The molecule has 0 saturated heterocycles. The second-order valence-corrected chi connectivity index (χ2v) is 4.21. The van der Waals surface area contributed by atoms with E-state index in [-0.39, 0.29) is 0 Å². The van der Waals surface area contributed by atoms with E-state index in [1.54, 1.807) is 18.4 Å². The van der Waals surface area contributed by atoms with Gasteiger partial charge in [-0.15, -0.1) is 11.3 Å². The van der Waals surface area contributed by atoms with Gasteiger partial charge >= 0.3 is 0 Å². The predicted octanol–water partition coefficient (Wildman–Crippen LogP) is 1.96. The minimum atomic E-state index is 0.622. The zero-order valence-corrected chi connectivity index (χ0v) is 9.91. The molecule has 0 spiro atoms. The van der Waals surface area contributed by atoms with Crippen molar-refractivity contribution < 1.29 is 4.74 Å². The van der Waals surface area contributed by atoms with Crippen molar-refractivity contribution in [2.75, 3.05) is 13.7 Å². The first-order valence-corrected chi connectivity index (χ1v) is 5.80. The number of hydrogen-bond acceptors (Lipinski definition) is 4. The summed E-state index contributed by atoms with van der Waals surface area (Å²) >= 11 is 1.79. The molecule has 0 saturated carbocycles. The van der Waals surface area contributed by atoms with Crippen LogP contribution in [0.3, 0.4) is 0 Å². The Morgan fingerprint density at radius 3 is 2.79 bits per heavy atom. The number of thiazole rings is 1. The number of nitrogens with one attached hydrogen (secondary N) is 1. The molecule has 1 aromatic rings. The molecule has 0 radical (unpaired) electrons. The van der Waals surface area contributed by atoms with Gasteiger partial charge in [-0.2, -0.15) is 0 Å². The van der Waals surface area contributed by atoms with Crippen LogP contribution >= 0.6 is 11.3 Å². The van der Waals surface area contributed by atoms with Crippen molar-refractivity contribution in [3.05, 3.63) is 15.6 Å². The Hall–Kier alpha value is -0.450. The Balaban J connectivity index is 2.71. The lowest BCUT2D eigenvalue weighted by Gasteiger charge is -2.00. The highest BCUT2D eigenvalue weighted by atomic mass is 32.1. The summed E-state index contributed by atoms with van der Waals surface area (Å²) in [6.07, 6.45) is 1.01. The maximum absolute atomic E-state index is 5.12. The zero-order valence-electron chi connectivity index (χ0n) is 9.09. The smallest absolute Gasteiger partial charge is 0.0929 e. The third-order valence-corrected chi connectivity index (χ3v) is 3.18. The van der Waals surface area contributed by atoms with Gasteiger partial charge in [-0.3, -0.25) is 0 Å². The number of rotatable bonds is 6. The van der Waals surface area contributed by atoms with E-state index in [1.165, 1.54) is 9.88 Å². The van der Waals surface area contributed by atoms with Crippen LogP contribution < -0.4 is 5.32 Å². The van der Waals surface area contributed by atoms with E-state index in [4.69, 9.17) is 4.74 Å². The molecule has 0 aliphatic heterocycles. The zero-order chi connectivity index (χ0) is 10.4. The molecule has 3 nitrogen and oxygen atoms in total. The first kappa shape index (κ1) is 11.6. The molecule has 14 heavy (non-hydrogen) atoms. The summed E-state index contributed by atoms with van der Waals surface area (Å²) in [6.45, 7) is 6.76. The van der Waals surface area contributed by atoms with Gasteiger partial charge in [0.25, 0.3) is 0 Å². The SMILES string of the molecule is CCNCc1sc(CC)nc1COC. The van der Waals surface area contributed by atoms with Crippen molar-refractivity contribution >= 4 is 11.3 Å². The Bertz CT molecular complexity index is 273. The third-order valence-electron chi connectivity index (χ3n) is 1.94. The lowest BCUT2D eigenvalue weighted by atomic mass is 10.3. The summed E-state index contributed by atoms with van der Waals surface area (Å²) in [4.78, 5) is 5.84. The van der Waals surface area contributed by atoms with E-state index >= 15 is 0 Å². The van der Waals surface area contributed by atoms with Crippen molar-refractivity contribution in [1.82, 2.24) is 10.3 Å². The Morgan fingerprint density at radius 1 is 1.43 bits per heavy atom. The summed E-state index contributed by atoms with van der Waals surface area (Å²) in [5.74, 6) is 0. The molecule has 0 aliphatic rings. The maximum Gasteiger partial charge on any atom is 0.0929 e. The molecule has 1 rings (SSSR count). The van der Waals surface area contributed by atoms with Crippen molar-refractivity contribution in [2.45, 2.75) is 33.4 Å². The summed E-state index contributed by atoms with van der Waals surface area (Å²) in [5, 5.41) is 4.51. The highest BCUT2D eigenvalue weighted by Crippen LogP contribution is 2.19. The molecule has 0 unspecified atom stereocenters. The number of nitrogens with zero attached hydrogens (tertiary/aromatic N) is 1. The van der Waals surface area contributed by atoms with Gasteiger partial charge < -0.3 is 10.1 Å². The summed E-state index contributed by atoms with van der Waals surface area (Å²) in [5.41, 5.74) is 1.09. The van der Waals surface area contributed by atoms with Crippen molar-refractivity contribution in [3.8, 4) is 0 Å². The van der Waals surface area contributed by atoms with Crippen molar-refractivity contribution in [3.63, 3.8) is 0 Å². The number of methoxy groups -OCH3 is 1. The Kier molecular flexibility index (Phi) is 5.07. The molecule has 1 aromatic heterocycles. The molecular formula is C10H18N2OS. The lowest BCUT2D eigenvalue weighted by Crippen LogP contribution is -2.12. The minimum absolute atomic E-state index is 0.622. The van der Waals surface area contributed by atoms with Gasteiger partial charge in [0, 0.05) is 18.5 Å². The van der Waals surface area contributed by atoms with Crippen LogP contribution in [-0.4, -0.2) is 18.6 Å². The van der Waals surface area contributed by atoms with Crippen LogP contribution in [0.2, 0.25) is 0 Å². The van der Waals surface area contributed by atoms with Crippen LogP contribution in [0.25, 0.3) is 0 Å². The molecule has 0 aromatic carbocycles. The van der Waals surface area contributed by atoms with Crippen LogP contribution in [0.15, 0.2) is 0 Å². The van der Waals surface area contributed by atoms with E-state index in [9.17, 15) is 0 Å². The number of aromatic nitrogens is 1. The summed E-state index contributed by atoms with van der Waals surface area (Å²) in [6, 6.07) is 0. The van der Waals surface area contributed by atoms with E-state index in [0.717, 1.165) is 25.2 Å². The lowest BCUT2D eigenvalue weighted by molar-refractivity contribution is 0.181. The van der Waals surface area contributed by atoms with E-state index in [2.05, 4.69) is 24.1 Å². The van der Waals surface area contributed by atoms with Gasteiger partial charge in [-0.1, -0.05) is 13.8 Å². The highest BCUT2D eigenvalue weighted by molar-refractivity contribution is 7.11. The van der Waals surface area contributed by atoms with Gasteiger partial charge in [0.15, 0.2) is 0 Å². The molecule has 0 atom stereocenters. The summed E-state index contributed by atoms with van der Waals surface area (Å²) in [7, 11) is 1.71. The second-order valence-electron chi connectivity index (χ2n) is 3.04. The average molecular weight is 214 g/mol. The molecule has 0 fully saturated rings. The minimum Gasteiger partial charge on any atom is -0.378 e. The normalized spacial score (nSPS) is 10.8. The number of aryl methyl sites for hydroxylation is 1. The highest BCUT2D eigenvalue weighted by Gasteiger charge is 2.08. The topological polar surface area (TPSA) is 34.2 Å². The number of hydrogen-bond donors (Lipinski definition) is 1. The quantitative estimate of drug-likeness (QED) is 0.786. The standard InChI is InChI=1S/C10H18N2OS/c1-4-10-12-8(7-13-3)9(14-10)6-11-5-2/h11H,4-7H2,1-3H3. The molecule has 0 bridgehead atoms. The third kappa shape index (κ3) is 3.04. The molecule has 1 N–H and O–H groups in total. The fraction of sp³-hybridized carbons (Fsp3) is 0.700. The predicted molar refractivity (Wildman–Crippen MR) is 59.6 cm³/mol. The van der Waals surface area contributed by atoms with Crippen LogP contribution in [0.4, 0.5) is 0 Å². The molecular weight excluding hydrogens is 196 g/mol. The van der Waals surface area contributed by atoms with Crippen LogP contribution in [0, 0.1) is 0 Å². The first-order valence-electron chi connectivity index (χ1n) is 4.98. The first-order chi connectivity index (χ1) is 6.81. The van der Waals surface area contributed by atoms with E-state index in [0.29, 0.717) is 6.61 Å². The fourth-order valence-corrected chi connectivity index (χ4v) is 2.20. The van der Waals surface area contributed by atoms with Crippen LogP contribution in [0.1, 0.15) is 29.4 Å². The largest absolute Gasteiger partial charge is 0.378 e. The monoisotopic (exact) mass is 214 g/mol. The van der Waals surface area contributed by atoms with Crippen molar-refractivity contribution in [1.29, 1.82) is 0 Å². The summed E-state index contributed by atoms with van der Waals surface area (Å²) < 4.78 is 5.12. The average Bonchev–Trinajstić information content (AvgIpc) is 2.58. The molecule has 80 valence electrons.